The smallest absolute Gasteiger partial charge is 0.345 e. The molecule has 6 heteroatoms. The predicted octanol–water partition coefficient (Wildman–Crippen LogP) is 4.26. The average molecular weight is 368 g/mol. The van der Waals surface area contributed by atoms with Crippen LogP contribution in [0, 0.1) is 6.92 Å². The van der Waals surface area contributed by atoms with Crippen LogP contribution in [-0.4, -0.2) is 40.0 Å². The lowest BCUT2D eigenvalue weighted by atomic mass is 9.87. The summed E-state index contributed by atoms with van der Waals surface area (Å²) in [7, 11) is 0. The average Bonchev–Trinajstić information content (AvgIpc) is 3.25. The molecule has 0 unspecified atom stereocenters. The molecule has 0 saturated carbocycles. The summed E-state index contributed by atoms with van der Waals surface area (Å²) in [6.07, 6.45) is 1.84. The number of carbonyl (C=O) groups is 2. The van der Waals surface area contributed by atoms with Crippen molar-refractivity contribution in [1.29, 1.82) is 0 Å². The zero-order valence-electron chi connectivity index (χ0n) is 14.5. The maximum atomic E-state index is 12.6. The van der Waals surface area contributed by atoms with Crippen LogP contribution in [-0.2, 0) is 0 Å². The van der Waals surface area contributed by atoms with E-state index in [1.807, 2.05) is 11.0 Å². The second-order valence-electron chi connectivity index (χ2n) is 6.74. The molecule has 3 aromatic rings. The first-order valence-electron chi connectivity index (χ1n) is 8.74. The van der Waals surface area contributed by atoms with Gasteiger partial charge in [-0.15, -0.1) is 11.3 Å². The number of aromatic carboxylic acids is 1. The fourth-order valence-corrected chi connectivity index (χ4v) is 4.73. The zero-order valence-corrected chi connectivity index (χ0v) is 15.3. The van der Waals surface area contributed by atoms with E-state index >= 15 is 0 Å². The number of hydrogen-bond acceptors (Lipinski definition) is 3. The molecular weight excluding hydrogens is 348 g/mol. The van der Waals surface area contributed by atoms with Gasteiger partial charge >= 0.3 is 5.97 Å². The Hall–Kier alpha value is -2.60. The molecule has 0 aliphatic carbocycles. The monoisotopic (exact) mass is 368 g/mol. The normalized spacial score (nSPS) is 15.5. The number of piperidine rings is 1. The van der Waals surface area contributed by atoms with Gasteiger partial charge in [-0.1, -0.05) is 18.2 Å². The topological polar surface area (TPSA) is 73.4 Å². The van der Waals surface area contributed by atoms with Crippen LogP contribution in [0.5, 0.6) is 0 Å². The SMILES string of the molecule is Cc1[nH]c2ccccc2c1C1CCN(C(=O)c2ccc(C(=O)O)s2)CC1. The Morgan fingerprint density at radius 2 is 1.81 bits per heavy atom. The number of thiophene rings is 1. The van der Waals surface area contributed by atoms with Gasteiger partial charge < -0.3 is 15.0 Å². The van der Waals surface area contributed by atoms with Gasteiger partial charge in [0.05, 0.1) is 4.88 Å². The molecule has 2 aromatic heterocycles. The number of benzene rings is 1. The van der Waals surface area contributed by atoms with Gasteiger partial charge in [0.15, 0.2) is 0 Å². The summed E-state index contributed by atoms with van der Waals surface area (Å²) in [6.45, 7) is 3.51. The van der Waals surface area contributed by atoms with E-state index in [4.69, 9.17) is 5.11 Å². The maximum absolute atomic E-state index is 12.6. The van der Waals surface area contributed by atoms with Crippen LogP contribution in [0.15, 0.2) is 36.4 Å². The van der Waals surface area contributed by atoms with Gasteiger partial charge in [0.1, 0.15) is 4.88 Å². The van der Waals surface area contributed by atoms with Crippen LogP contribution in [0.1, 0.15) is 49.4 Å². The second kappa shape index (κ2) is 6.61. The lowest BCUT2D eigenvalue weighted by molar-refractivity contribution is 0.0699. The van der Waals surface area contributed by atoms with Gasteiger partial charge in [-0.2, -0.15) is 0 Å². The summed E-state index contributed by atoms with van der Waals surface area (Å²) >= 11 is 1.05. The quantitative estimate of drug-likeness (QED) is 0.726. The van der Waals surface area contributed by atoms with Gasteiger partial charge in [0.2, 0.25) is 0 Å². The Bertz CT molecular complexity index is 980. The largest absolute Gasteiger partial charge is 0.477 e. The highest BCUT2D eigenvalue weighted by Crippen LogP contribution is 2.36. The molecular formula is C20H20N2O3S. The fourth-order valence-electron chi connectivity index (χ4n) is 3.92. The van der Waals surface area contributed by atoms with Gasteiger partial charge in [-0.25, -0.2) is 4.79 Å². The molecule has 1 aromatic carbocycles. The van der Waals surface area contributed by atoms with Crippen molar-refractivity contribution < 1.29 is 14.7 Å². The lowest BCUT2D eigenvalue weighted by Crippen LogP contribution is -2.37. The Kier molecular flexibility index (Phi) is 4.28. The number of carbonyl (C=O) groups excluding carboxylic acids is 1. The molecule has 4 rings (SSSR count). The lowest BCUT2D eigenvalue weighted by Gasteiger charge is -2.32. The van der Waals surface area contributed by atoms with Crippen LogP contribution in [0.3, 0.4) is 0 Å². The van der Waals surface area contributed by atoms with Crippen LogP contribution in [0.25, 0.3) is 10.9 Å². The molecule has 2 N–H and O–H groups in total. The molecule has 134 valence electrons. The highest BCUT2D eigenvalue weighted by atomic mass is 32.1. The van der Waals surface area contributed by atoms with E-state index in [2.05, 4.69) is 30.1 Å². The number of para-hydroxylation sites is 1. The molecule has 0 atom stereocenters. The van der Waals surface area contributed by atoms with Crippen LogP contribution >= 0.6 is 11.3 Å². The minimum Gasteiger partial charge on any atom is -0.477 e. The van der Waals surface area contributed by atoms with Crippen molar-refractivity contribution in [3.63, 3.8) is 0 Å². The van der Waals surface area contributed by atoms with E-state index in [1.165, 1.54) is 28.2 Å². The van der Waals surface area contributed by atoms with Crippen LogP contribution in [0.4, 0.5) is 0 Å². The summed E-state index contributed by atoms with van der Waals surface area (Å²) in [5.74, 6) is -0.604. The molecule has 0 bridgehead atoms. The highest BCUT2D eigenvalue weighted by molar-refractivity contribution is 7.15. The number of fused-ring (bicyclic) bond motifs is 1. The number of aromatic amines is 1. The first kappa shape index (κ1) is 16.8. The van der Waals surface area contributed by atoms with Gasteiger partial charge in [-0.3, -0.25) is 4.79 Å². The van der Waals surface area contributed by atoms with Crippen LogP contribution < -0.4 is 0 Å². The Labute approximate surface area is 155 Å². The highest BCUT2D eigenvalue weighted by Gasteiger charge is 2.28. The fraction of sp³-hybridized carbons (Fsp3) is 0.300. The molecule has 1 aliphatic rings. The van der Waals surface area contributed by atoms with Gasteiger partial charge in [-0.05, 0) is 49.4 Å². The van der Waals surface area contributed by atoms with E-state index in [-0.39, 0.29) is 10.8 Å². The van der Waals surface area contributed by atoms with Crippen LogP contribution in [0.2, 0.25) is 0 Å². The van der Waals surface area contributed by atoms with Gasteiger partial charge in [0, 0.05) is 29.7 Å². The van der Waals surface area contributed by atoms with Crippen molar-refractivity contribution in [2.24, 2.45) is 0 Å². The number of carboxylic acids is 1. The van der Waals surface area contributed by atoms with Crippen molar-refractivity contribution in [2.45, 2.75) is 25.7 Å². The number of nitrogens with one attached hydrogen (secondary N) is 1. The summed E-state index contributed by atoms with van der Waals surface area (Å²) in [5, 5.41) is 10.3. The summed E-state index contributed by atoms with van der Waals surface area (Å²) < 4.78 is 0. The third kappa shape index (κ3) is 2.90. The van der Waals surface area contributed by atoms with E-state index < -0.39 is 5.97 Å². The minimum atomic E-state index is -0.984. The standard InChI is InChI=1S/C20H20N2O3S/c1-12-18(14-4-2-3-5-15(14)21-12)13-8-10-22(11-9-13)19(23)16-6-7-17(26-16)20(24)25/h2-7,13,21H,8-11H2,1H3,(H,24,25). The molecule has 1 saturated heterocycles. The van der Waals surface area contributed by atoms with E-state index in [0.29, 0.717) is 23.9 Å². The molecule has 3 heterocycles. The van der Waals surface area contributed by atoms with Gasteiger partial charge in [0.25, 0.3) is 5.91 Å². The number of hydrogen-bond donors (Lipinski definition) is 2. The summed E-state index contributed by atoms with van der Waals surface area (Å²) in [4.78, 5) is 29.7. The van der Waals surface area contributed by atoms with E-state index in [1.54, 1.807) is 6.07 Å². The molecule has 26 heavy (non-hydrogen) atoms. The minimum absolute atomic E-state index is 0.0587. The zero-order chi connectivity index (χ0) is 18.3. The number of carboxylic acid groups (broad SMARTS) is 1. The third-order valence-corrected chi connectivity index (χ3v) is 6.22. The molecule has 1 amide bonds. The van der Waals surface area contributed by atoms with E-state index in [0.717, 1.165) is 24.2 Å². The molecule has 0 radical (unpaired) electrons. The first-order chi connectivity index (χ1) is 12.5. The molecule has 1 aliphatic heterocycles. The van der Waals surface area contributed by atoms with Crippen molar-refractivity contribution >= 4 is 34.1 Å². The number of amides is 1. The molecule has 0 spiro atoms. The van der Waals surface area contributed by atoms with Crippen molar-refractivity contribution in [3.8, 4) is 0 Å². The predicted molar refractivity (Wildman–Crippen MR) is 102 cm³/mol. The Morgan fingerprint density at radius 3 is 2.50 bits per heavy atom. The number of H-pyrrole nitrogens is 1. The van der Waals surface area contributed by atoms with Crippen molar-refractivity contribution in [2.75, 3.05) is 13.1 Å². The number of aryl methyl sites for hydroxylation is 1. The molecule has 5 nitrogen and oxygen atoms in total. The summed E-state index contributed by atoms with van der Waals surface area (Å²) in [5.41, 5.74) is 3.75. The second-order valence-corrected chi connectivity index (χ2v) is 7.83. The molecule has 1 fully saturated rings. The third-order valence-electron chi connectivity index (χ3n) is 5.16. The Balaban J connectivity index is 1.49. The summed E-state index contributed by atoms with van der Waals surface area (Å²) in [6, 6.07) is 11.5. The number of likely N-dealkylation sites (tertiary alicyclic amines) is 1. The Morgan fingerprint density at radius 1 is 1.12 bits per heavy atom. The number of rotatable bonds is 3. The van der Waals surface area contributed by atoms with Crippen molar-refractivity contribution in [3.05, 3.63) is 57.4 Å². The maximum Gasteiger partial charge on any atom is 0.345 e. The van der Waals surface area contributed by atoms with E-state index in [9.17, 15) is 9.59 Å². The van der Waals surface area contributed by atoms with Crippen molar-refractivity contribution in [1.82, 2.24) is 9.88 Å². The first-order valence-corrected chi connectivity index (χ1v) is 9.56. The number of aromatic nitrogens is 1. The number of nitrogens with zero attached hydrogens (tertiary/aromatic N) is 1.